The van der Waals surface area contributed by atoms with Crippen molar-refractivity contribution in [3.63, 3.8) is 0 Å². The van der Waals surface area contributed by atoms with Gasteiger partial charge in [-0.3, -0.25) is 0 Å². The molecule has 0 aliphatic carbocycles. The highest BCUT2D eigenvalue weighted by Gasteiger charge is 2.38. The zero-order chi connectivity index (χ0) is 16.7. The lowest BCUT2D eigenvalue weighted by molar-refractivity contribution is -0.0973. The Kier molecular flexibility index (Phi) is 8.74. The molecule has 0 bridgehead atoms. The molecule has 0 radical (unpaired) electrons. The molecule has 0 saturated heterocycles. The van der Waals surface area contributed by atoms with Gasteiger partial charge in [-0.15, -0.1) is 0 Å². The number of hydrogen-bond acceptors (Lipinski definition) is 3. The molecule has 0 spiro atoms. The predicted octanol–water partition coefficient (Wildman–Crippen LogP) is 5.53. The van der Waals surface area contributed by atoms with Gasteiger partial charge < -0.3 is 13.9 Å². The Hall–Kier alpha value is -1.10. The minimum atomic E-state index is -1.67. The molecule has 1 heterocycles. The van der Waals surface area contributed by atoms with Gasteiger partial charge >= 0.3 is 0 Å². The summed E-state index contributed by atoms with van der Waals surface area (Å²) in [4.78, 5) is 0. The first kappa shape index (κ1) is 20.9. The molecule has 1 aliphatic heterocycles. The molecular weight excluding hydrogens is 316 g/mol. The molecule has 1 aromatic carbocycles. The maximum absolute atomic E-state index is 6.65. The molecule has 0 saturated carbocycles. The molecule has 0 amide bonds. The van der Waals surface area contributed by atoms with Gasteiger partial charge in [0, 0.05) is 0 Å². The van der Waals surface area contributed by atoms with Gasteiger partial charge in [0.1, 0.15) is 12.2 Å². The highest BCUT2D eigenvalue weighted by atomic mass is 28.4. The van der Waals surface area contributed by atoms with Crippen molar-refractivity contribution >= 4 is 8.32 Å². The minimum Gasteiger partial charge on any atom is -0.496 e. The average Bonchev–Trinajstić information content (AvgIpc) is 2.60. The summed E-state index contributed by atoms with van der Waals surface area (Å²) in [5.41, 5.74) is 1.18. The molecule has 3 unspecified atom stereocenters. The van der Waals surface area contributed by atoms with Crippen molar-refractivity contribution in [2.45, 2.75) is 78.2 Å². The van der Waals surface area contributed by atoms with E-state index in [-0.39, 0.29) is 25.7 Å². The highest BCUT2D eigenvalue weighted by Crippen LogP contribution is 2.28. The maximum Gasteiger partial charge on any atom is 0.193 e. The highest BCUT2D eigenvalue weighted by molar-refractivity contribution is 6.73. The molecule has 3 nitrogen and oxygen atoms in total. The number of ether oxygens (including phenoxy) is 2. The van der Waals surface area contributed by atoms with E-state index < -0.39 is 8.32 Å². The number of hydrogen-bond donors (Lipinski definition) is 0. The molecule has 0 aromatic heterocycles. The van der Waals surface area contributed by atoms with Crippen LogP contribution in [-0.2, 0) is 20.5 Å². The molecular formula is C20H34O3Si. The zero-order valence-corrected chi connectivity index (χ0v) is 15.8. The Labute approximate surface area is 149 Å². The van der Waals surface area contributed by atoms with Crippen molar-refractivity contribution < 1.29 is 13.9 Å². The monoisotopic (exact) mass is 350 g/mol. The second-order valence-electron chi connectivity index (χ2n) is 6.26. The largest absolute Gasteiger partial charge is 0.496 e. The topological polar surface area (TPSA) is 27.7 Å². The van der Waals surface area contributed by atoms with Crippen LogP contribution >= 0.6 is 0 Å². The second kappa shape index (κ2) is 10.0. The first-order valence-electron chi connectivity index (χ1n) is 8.79. The fourth-order valence-electron chi connectivity index (χ4n) is 3.09. The SMILES string of the molecule is C.CC[Si](CC)(CC)OC1C=COC(C)C1OCc1ccccc1. The van der Waals surface area contributed by atoms with Gasteiger partial charge in [0.05, 0.1) is 19.0 Å². The summed E-state index contributed by atoms with van der Waals surface area (Å²) in [7, 11) is -1.67. The molecule has 24 heavy (non-hydrogen) atoms. The first-order chi connectivity index (χ1) is 11.1. The number of benzene rings is 1. The van der Waals surface area contributed by atoms with E-state index in [0.717, 1.165) is 18.1 Å². The summed E-state index contributed by atoms with van der Waals surface area (Å²) < 4.78 is 18.5. The van der Waals surface area contributed by atoms with E-state index in [1.807, 2.05) is 24.3 Å². The Bertz CT molecular complexity index is 477. The second-order valence-corrected chi connectivity index (χ2v) is 11.0. The summed E-state index contributed by atoms with van der Waals surface area (Å²) in [6.45, 7) is 9.41. The Morgan fingerprint density at radius 1 is 1.04 bits per heavy atom. The van der Waals surface area contributed by atoms with Gasteiger partial charge in [0.15, 0.2) is 8.32 Å². The van der Waals surface area contributed by atoms with Gasteiger partial charge in [-0.25, -0.2) is 0 Å². The van der Waals surface area contributed by atoms with Gasteiger partial charge in [0.25, 0.3) is 0 Å². The summed E-state index contributed by atoms with van der Waals surface area (Å²) in [5.74, 6) is 0. The van der Waals surface area contributed by atoms with E-state index in [1.54, 1.807) is 6.26 Å². The van der Waals surface area contributed by atoms with E-state index in [2.05, 4.69) is 39.8 Å². The van der Waals surface area contributed by atoms with Crippen LogP contribution in [0.3, 0.4) is 0 Å². The normalized spacial score (nSPS) is 23.4. The zero-order valence-electron chi connectivity index (χ0n) is 14.8. The summed E-state index contributed by atoms with van der Waals surface area (Å²) >= 11 is 0. The van der Waals surface area contributed by atoms with Crippen LogP contribution in [-0.4, -0.2) is 26.6 Å². The van der Waals surface area contributed by atoms with Crippen molar-refractivity contribution in [2.24, 2.45) is 0 Å². The fourth-order valence-corrected chi connectivity index (χ4v) is 5.88. The standard InChI is InChI=1S/C19H30O3Si.CH4/c1-5-23(6-2,7-3)22-18-13-14-20-16(4)19(18)21-15-17-11-9-8-10-12-17;/h8-14,16,18-19H,5-7,15H2,1-4H3;1H4. The Morgan fingerprint density at radius 2 is 1.67 bits per heavy atom. The van der Waals surface area contributed by atoms with E-state index in [4.69, 9.17) is 13.9 Å². The molecule has 2 rings (SSSR count). The molecule has 1 aliphatic rings. The van der Waals surface area contributed by atoms with Gasteiger partial charge in [-0.05, 0) is 36.7 Å². The molecule has 0 fully saturated rings. The number of rotatable bonds is 8. The third-order valence-electron chi connectivity index (χ3n) is 4.95. The summed E-state index contributed by atoms with van der Waals surface area (Å²) in [6, 6.07) is 13.7. The predicted molar refractivity (Wildman–Crippen MR) is 104 cm³/mol. The third-order valence-corrected chi connectivity index (χ3v) is 9.59. The van der Waals surface area contributed by atoms with E-state index in [0.29, 0.717) is 6.61 Å². The van der Waals surface area contributed by atoms with Crippen molar-refractivity contribution in [2.75, 3.05) is 0 Å². The maximum atomic E-state index is 6.65. The average molecular weight is 351 g/mol. The van der Waals surface area contributed by atoms with Crippen molar-refractivity contribution in [3.05, 3.63) is 48.2 Å². The smallest absolute Gasteiger partial charge is 0.193 e. The van der Waals surface area contributed by atoms with Crippen LogP contribution in [0.5, 0.6) is 0 Å². The summed E-state index contributed by atoms with van der Waals surface area (Å²) in [6.07, 6.45) is 3.74. The summed E-state index contributed by atoms with van der Waals surface area (Å²) in [5, 5.41) is 0. The van der Waals surface area contributed by atoms with Gasteiger partial charge in [-0.2, -0.15) is 0 Å². The fraction of sp³-hybridized carbons (Fsp3) is 0.600. The van der Waals surface area contributed by atoms with Crippen LogP contribution in [0.25, 0.3) is 0 Å². The van der Waals surface area contributed by atoms with Crippen LogP contribution in [0.4, 0.5) is 0 Å². The van der Waals surface area contributed by atoms with Crippen molar-refractivity contribution in [1.82, 2.24) is 0 Å². The Balaban J connectivity index is 0.00000288. The van der Waals surface area contributed by atoms with E-state index in [1.165, 1.54) is 5.56 Å². The van der Waals surface area contributed by atoms with Crippen molar-refractivity contribution in [1.29, 1.82) is 0 Å². The van der Waals surface area contributed by atoms with E-state index in [9.17, 15) is 0 Å². The molecule has 3 atom stereocenters. The molecule has 0 N–H and O–H groups in total. The quantitative estimate of drug-likeness (QED) is 0.577. The molecule has 136 valence electrons. The first-order valence-corrected chi connectivity index (χ1v) is 11.3. The lowest BCUT2D eigenvalue weighted by Crippen LogP contribution is -2.49. The van der Waals surface area contributed by atoms with Gasteiger partial charge in [0.2, 0.25) is 0 Å². The lowest BCUT2D eigenvalue weighted by Gasteiger charge is -2.39. The van der Waals surface area contributed by atoms with Crippen LogP contribution in [0, 0.1) is 0 Å². The van der Waals surface area contributed by atoms with Crippen LogP contribution < -0.4 is 0 Å². The Morgan fingerprint density at radius 3 is 2.25 bits per heavy atom. The van der Waals surface area contributed by atoms with Crippen LogP contribution in [0.15, 0.2) is 42.7 Å². The van der Waals surface area contributed by atoms with Crippen LogP contribution in [0.1, 0.15) is 40.7 Å². The minimum absolute atomic E-state index is 0. The van der Waals surface area contributed by atoms with Crippen LogP contribution in [0.2, 0.25) is 18.1 Å². The van der Waals surface area contributed by atoms with E-state index >= 15 is 0 Å². The third kappa shape index (κ3) is 5.20. The van der Waals surface area contributed by atoms with Gasteiger partial charge in [-0.1, -0.05) is 58.5 Å². The lowest BCUT2D eigenvalue weighted by atomic mass is 10.1. The molecule has 1 aromatic rings. The molecule has 4 heteroatoms. The van der Waals surface area contributed by atoms with Crippen molar-refractivity contribution in [3.8, 4) is 0 Å².